The molecule has 0 aliphatic rings. The lowest BCUT2D eigenvalue weighted by Crippen LogP contribution is -1.98. The zero-order valence-electron chi connectivity index (χ0n) is 8.32. The Morgan fingerprint density at radius 1 is 2.33 bits per heavy atom. The van der Waals surface area contributed by atoms with E-state index in [0.29, 0.717) is 0 Å². The molecule has 0 spiro atoms. The first-order valence-corrected chi connectivity index (χ1v) is 1.32. The fourth-order valence-electron chi connectivity index (χ4n) is 0.0927. The summed E-state index contributed by atoms with van der Waals surface area (Å²) in [5.74, 6) is -1.53. The largest absolute Gasteiger partial charge is 0.377 e. The maximum absolute atomic E-state index is 10.7. The summed E-state index contributed by atoms with van der Waals surface area (Å²) in [6.45, 7) is -5.66. The van der Waals surface area contributed by atoms with Gasteiger partial charge in [-0.15, -0.1) is 0 Å². The molecular weight excluding hydrogens is 80.0 g/mol. The third-order valence-electron chi connectivity index (χ3n) is 0.195. The van der Waals surface area contributed by atoms with Crippen LogP contribution < -0.4 is 0 Å². The van der Waals surface area contributed by atoms with Crippen molar-refractivity contribution in [2.24, 2.45) is 0 Å². The van der Waals surface area contributed by atoms with Gasteiger partial charge >= 0.3 is 0 Å². The number of hydrogen-bond donors (Lipinski definition) is 0. The third-order valence-corrected chi connectivity index (χ3v) is 0.195. The first kappa shape index (κ1) is 1.30. The number of hydrogen-bond acceptors (Lipinski definition) is 2. The molecule has 0 amide bonds. The normalized spacial score (nSPS) is 25.2. The summed E-state index contributed by atoms with van der Waals surface area (Å²) >= 11 is 0. The lowest BCUT2D eigenvalue weighted by Gasteiger charge is -1.84. The molecule has 2 nitrogen and oxygen atoms in total. The number of methoxy groups -OCH3 is 1. The maximum atomic E-state index is 10.7. The molecule has 0 aromatic carbocycles. The van der Waals surface area contributed by atoms with Crippen LogP contribution in [0.25, 0.3) is 0 Å². The van der Waals surface area contributed by atoms with Crippen LogP contribution in [0.15, 0.2) is 0 Å². The summed E-state index contributed by atoms with van der Waals surface area (Å²) in [6, 6.07) is 0. The van der Waals surface area contributed by atoms with Gasteiger partial charge in [0, 0.05) is 11.2 Å². The van der Waals surface area contributed by atoms with Gasteiger partial charge in [-0.25, -0.2) is 0 Å². The van der Waals surface area contributed by atoms with E-state index in [9.17, 15) is 4.79 Å². The average molecular weight is 93.1 g/mol. The van der Waals surface area contributed by atoms with E-state index >= 15 is 0 Å². The van der Waals surface area contributed by atoms with Crippen molar-refractivity contribution in [1.29, 1.82) is 0 Å². The molecule has 0 aliphatic carbocycles. The van der Waals surface area contributed by atoms with Crippen molar-refractivity contribution >= 4 is 5.78 Å². The fourth-order valence-corrected chi connectivity index (χ4v) is 0.0927. The van der Waals surface area contributed by atoms with Gasteiger partial charge in [-0.05, 0) is 6.85 Å². The van der Waals surface area contributed by atoms with Crippen LogP contribution in [-0.2, 0) is 9.53 Å². The minimum Gasteiger partial charge on any atom is -0.377 e. The van der Waals surface area contributed by atoms with Gasteiger partial charge in [0.05, 0.1) is 2.74 Å². The Morgan fingerprint density at radius 2 is 3.00 bits per heavy atom. The van der Waals surface area contributed by atoms with Crippen molar-refractivity contribution in [2.45, 2.75) is 6.85 Å². The van der Waals surface area contributed by atoms with E-state index in [1.165, 1.54) is 0 Å². The van der Waals surface area contributed by atoms with Crippen LogP contribution in [0.5, 0.6) is 0 Å². The quantitative estimate of drug-likeness (QED) is 0.488. The SMILES string of the molecule is [2H]C([2H])([2H])C(=O)C([2H])([2H])OC. The van der Waals surface area contributed by atoms with Gasteiger partial charge in [-0.1, -0.05) is 0 Å². The van der Waals surface area contributed by atoms with Crippen LogP contribution >= 0.6 is 0 Å². The highest BCUT2D eigenvalue weighted by Gasteiger charge is 1.83. The van der Waals surface area contributed by atoms with E-state index in [1.54, 1.807) is 0 Å². The van der Waals surface area contributed by atoms with E-state index in [2.05, 4.69) is 4.74 Å². The molecule has 36 valence electrons. The molecule has 0 bridgehead atoms. The minimum absolute atomic E-state index is 0.934. The highest BCUT2D eigenvalue weighted by molar-refractivity contribution is 5.76. The van der Waals surface area contributed by atoms with Gasteiger partial charge in [0.1, 0.15) is 6.56 Å². The summed E-state index contributed by atoms with van der Waals surface area (Å²) < 4.78 is 37.3. The number of rotatable bonds is 2. The summed E-state index contributed by atoms with van der Waals surface area (Å²) in [6.07, 6.45) is 0. The fraction of sp³-hybridized carbons (Fsp3) is 0.750. The molecule has 0 N–H and O–H groups in total. The molecule has 0 rings (SSSR count). The van der Waals surface area contributed by atoms with Gasteiger partial charge in [0.2, 0.25) is 0 Å². The molecule has 0 atom stereocenters. The molecule has 0 unspecified atom stereocenters. The molecule has 0 aromatic rings. The first-order valence-electron chi connectivity index (χ1n) is 3.82. The summed E-state index contributed by atoms with van der Waals surface area (Å²) in [5, 5.41) is 0. The lowest BCUT2D eigenvalue weighted by atomic mass is 10.5. The molecular formula is C4H8O2. The smallest absolute Gasteiger partial charge is 0.155 e. The predicted octanol–water partition coefficient (Wildman–Crippen LogP) is 0.222. The Balaban J connectivity index is 4.50. The monoisotopic (exact) mass is 93.1 g/mol. The summed E-state index contributed by atoms with van der Waals surface area (Å²) in [5.41, 5.74) is 0. The average Bonchev–Trinajstić information content (AvgIpc) is 1.84. The van der Waals surface area contributed by atoms with Crippen molar-refractivity contribution in [3.8, 4) is 0 Å². The molecule has 2 heteroatoms. The van der Waals surface area contributed by atoms with E-state index < -0.39 is 19.2 Å². The molecule has 6 heavy (non-hydrogen) atoms. The highest BCUT2D eigenvalue weighted by Crippen LogP contribution is 1.65. The van der Waals surface area contributed by atoms with Crippen LogP contribution in [0.2, 0.25) is 0 Å². The summed E-state index contributed by atoms with van der Waals surface area (Å²) in [7, 11) is 0.934. The Bertz CT molecular complexity index is 160. The summed E-state index contributed by atoms with van der Waals surface area (Å²) in [4.78, 5) is 10.7. The Labute approximate surface area is 44.1 Å². The number of ketones is 1. The van der Waals surface area contributed by atoms with Crippen molar-refractivity contribution in [3.05, 3.63) is 0 Å². The standard InChI is InChI=1S/C4H8O2/c1-4(5)3-6-2/h3H2,1-2H3/i1D3,3D2. The van der Waals surface area contributed by atoms with Crippen LogP contribution in [0.3, 0.4) is 0 Å². The van der Waals surface area contributed by atoms with Crippen molar-refractivity contribution in [3.63, 3.8) is 0 Å². The van der Waals surface area contributed by atoms with Gasteiger partial charge < -0.3 is 4.74 Å². The van der Waals surface area contributed by atoms with E-state index in [4.69, 9.17) is 6.85 Å². The molecule has 0 aliphatic heterocycles. The van der Waals surface area contributed by atoms with Crippen LogP contribution in [0.4, 0.5) is 0 Å². The second kappa shape index (κ2) is 2.85. The van der Waals surface area contributed by atoms with Crippen LogP contribution in [0.1, 0.15) is 13.7 Å². The molecule has 0 fully saturated rings. The van der Waals surface area contributed by atoms with Crippen LogP contribution in [-0.4, -0.2) is 19.5 Å². The molecule has 0 radical (unpaired) electrons. The Kier molecular flexibility index (Phi) is 0.617. The molecule has 0 saturated carbocycles. The molecule has 0 aromatic heterocycles. The Hall–Kier alpha value is -0.370. The van der Waals surface area contributed by atoms with Gasteiger partial charge in [0.15, 0.2) is 5.78 Å². The van der Waals surface area contributed by atoms with Crippen molar-refractivity contribution in [1.82, 2.24) is 0 Å². The van der Waals surface area contributed by atoms with Crippen molar-refractivity contribution < 1.29 is 16.4 Å². The number of carbonyl (C=O) groups is 1. The predicted molar refractivity (Wildman–Crippen MR) is 22.6 cm³/mol. The number of carbonyl (C=O) groups excluding carboxylic acids is 1. The zero-order valence-corrected chi connectivity index (χ0v) is 3.32. The van der Waals surface area contributed by atoms with Crippen molar-refractivity contribution in [2.75, 3.05) is 13.7 Å². The molecule has 0 saturated heterocycles. The van der Waals surface area contributed by atoms with E-state index in [1.807, 2.05) is 0 Å². The maximum Gasteiger partial charge on any atom is 0.155 e. The lowest BCUT2D eigenvalue weighted by molar-refractivity contribution is -0.120. The van der Waals surface area contributed by atoms with Gasteiger partial charge in [-0.3, -0.25) is 4.79 Å². The van der Waals surface area contributed by atoms with Gasteiger partial charge in [-0.2, -0.15) is 0 Å². The van der Waals surface area contributed by atoms with E-state index in [-0.39, 0.29) is 0 Å². The second-order valence-corrected chi connectivity index (χ2v) is 0.635. The Morgan fingerprint density at radius 3 is 3.17 bits per heavy atom. The minimum atomic E-state index is -2.94. The van der Waals surface area contributed by atoms with Gasteiger partial charge in [0.25, 0.3) is 0 Å². The first-order chi connectivity index (χ1) is 4.72. The highest BCUT2D eigenvalue weighted by atomic mass is 16.5. The molecule has 0 heterocycles. The number of ether oxygens (including phenoxy) is 1. The zero-order chi connectivity index (χ0) is 9.28. The third kappa shape index (κ3) is 3.63. The number of Topliss-reactive ketones (excluding diaryl/α,β-unsaturated/α-hetero) is 1. The topological polar surface area (TPSA) is 26.3 Å². The van der Waals surface area contributed by atoms with E-state index in [0.717, 1.165) is 7.11 Å². The second-order valence-electron chi connectivity index (χ2n) is 0.635. The van der Waals surface area contributed by atoms with Crippen LogP contribution in [0, 0.1) is 0 Å².